The van der Waals surface area contributed by atoms with Gasteiger partial charge in [0.15, 0.2) is 0 Å². The minimum absolute atomic E-state index is 0.0561. The largest absolute Gasteiger partial charge is 0.369 e. The van der Waals surface area contributed by atoms with Crippen LogP contribution in [0.25, 0.3) is 0 Å². The maximum absolute atomic E-state index is 11.0. The van der Waals surface area contributed by atoms with Crippen molar-refractivity contribution in [1.82, 2.24) is 0 Å². The third-order valence-electron chi connectivity index (χ3n) is 3.45. The Morgan fingerprint density at radius 2 is 2.00 bits per heavy atom. The molecule has 0 radical (unpaired) electrons. The normalized spacial score (nSPS) is 42.4. The standard InChI is InChI=1S/C9H15NO/c10-9(11)8-5-4-6-2-1-3-7(6)8/h6-8H,1-5H2,(H2,10,11)/t6-,7+,8-/m0/s1. The number of nitrogens with two attached hydrogens (primary N) is 1. The fraction of sp³-hybridized carbons (Fsp3) is 0.889. The van der Waals surface area contributed by atoms with Crippen LogP contribution in [0.15, 0.2) is 0 Å². The van der Waals surface area contributed by atoms with Crippen molar-refractivity contribution < 1.29 is 4.79 Å². The Labute approximate surface area is 67.1 Å². The SMILES string of the molecule is NC(=O)[C@H]1CC[C@@H]2CCC[C@H]21. The van der Waals surface area contributed by atoms with E-state index in [4.69, 9.17) is 5.73 Å². The summed E-state index contributed by atoms with van der Waals surface area (Å²) in [5.74, 6) is 1.67. The van der Waals surface area contributed by atoms with Gasteiger partial charge in [-0.15, -0.1) is 0 Å². The minimum Gasteiger partial charge on any atom is -0.369 e. The van der Waals surface area contributed by atoms with Gasteiger partial charge in [-0.05, 0) is 31.1 Å². The molecule has 0 saturated heterocycles. The summed E-state index contributed by atoms with van der Waals surface area (Å²) in [5, 5.41) is 0. The van der Waals surface area contributed by atoms with Gasteiger partial charge in [-0.25, -0.2) is 0 Å². The van der Waals surface area contributed by atoms with E-state index in [-0.39, 0.29) is 11.8 Å². The molecule has 0 aromatic rings. The molecule has 0 unspecified atom stereocenters. The summed E-state index contributed by atoms with van der Waals surface area (Å²) in [6.45, 7) is 0. The number of hydrogen-bond donors (Lipinski definition) is 1. The summed E-state index contributed by atoms with van der Waals surface area (Å²) < 4.78 is 0. The lowest BCUT2D eigenvalue weighted by Gasteiger charge is -2.13. The van der Waals surface area contributed by atoms with Gasteiger partial charge in [0.2, 0.25) is 5.91 Å². The number of fused-ring (bicyclic) bond motifs is 1. The van der Waals surface area contributed by atoms with Crippen molar-refractivity contribution in [2.75, 3.05) is 0 Å². The molecule has 2 N–H and O–H groups in total. The van der Waals surface area contributed by atoms with Crippen LogP contribution in [-0.4, -0.2) is 5.91 Å². The second-order valence-electron chi connectivity index (χ2n) is 3.94. The summed E-state index contributed by atoms with van der Waals surface area (Å²) in [6, 6.07) is 0. The summed E-state index contributed by atoms with van der Waals surface area (Å²) in [7, 11) is 0. The third-order valence-corrected chi connectivity index (χ3v) is 3.45. The molecule has 2 saturated carbocycles. The molecule has 11 heavy (non-hydrogen) atoms. The summed E-state index contributed by atoms with van der Waals surface area (Å²) in [4.78, 5) is 11.0. The van der Waals surface area contributed by atoms with E-state index in [1.165, 1.54) is 25.7 Å². The van der Waals surface area contributed by atoms with Crippen LogP contribution in [0.3, 0.4) is 0 Å². The molecule has 0 aromatic carbocycles. The number of carbonyl (C=O) groups excluding carboxylic acids is 1. The van der Waals surface area contributed by atoms with E-state index in [2.05, 4.69) is 0 Å². The topological polar surface area (TPSA) is 43.1 Å². The van der Waals surface area contributed by atoms with E-state index in [0.717, 1.165) is 12.3 Å². The lowest BCUT2D eigenvalue weighted by Crippen LogP contribution is -2.26. The third kappa shape index (κ3) is 1.05. The predicted molar refractivity (Wildman–Crippen MR) is 42.7 cm³/mol. The molecule has 62 valence electrons. The maximum atomic E-state index is 11.0. The lowest BCUT2D eigenvalue weighted by atomic mass is 9.92. The van der Waals surface area contributed by atoms with Crippen LogP contribution in [0.4, 0.5) is 0 Å². The molecule has 2 aliphatic carbocycles. The summed E-state index contributed by atoms with van der Waals surface area (Å²) in [5.41, 5.74) is 5.31. The van der Waals surface area contributed by atoms with Crippen LogP contribution in [0, 0.1) is 17.8 Å². The first kappa shape index (κ1) is 7.14. The van der Waals surface area contributed by atoms with E-state index in [0.29, 0.717) is 5.92 Å². The molecule has 0 bridgehead atoms. The fourth-order valence-electron chi connectivity index (χ4n) is 2.91. The Hall–Kier alpha value is -0.530. The van der Waals surface area contributed by atoms with Gasteiger partial charge < -0.3 is 5.73 Å². The number of hydrogen-bond acceptors (Lipinski definition) is 1. The van der Waals surface area contributed by atoms with Crippen LogP contribution in [0.5, 0.6) is 0 Å². The quantitative estimate of drug-likeness (QED) is 0.606. The van der Waals surface area contributed by atoms with Crippen LogP contribution < -0.4 is 5.73 Å². The van der Waals surface area contributed by atoms with E-state index < -0.39 is 0 Å². The lowest BCUT2D eigenvalue weighted by molar-refractivity contribution is -0.122. The van der Waals surface area contributed by atoms with Gasteiger partial charge in [0, 0.05) is 5.92 Å². The van der Waals surface area contributed by atoms with Crippen LogP contribution in [-0.2, 0) is 4.79 Å². The first-order valence-corrected chi connectivity index (χ1v) is 4.58. The fourth-order valence-corrected chi connectivity index (χ4v) is 2.91. The van der Waals surface area contributed by atoms with Crippen LogP contribution in [0.2, 0.25) is 0 Å². The summed E-state index contributed by atoms with van der Waals surface area (Å²) >= 11 is 0. The molecule has 0 aliphatic heterocycles. The van der Waals surface area contributed by atoms with Crippen molar-refractivity contribution in [1.29, 1.82) is 0 Å². The zero-order chi connectivity index (χ0) is 7.84. The molecular formula is C9H15NO. The highest BCUT2D eigenvalue weighted by Gasteiger charge is 2.41. The Balaban J connectivity index is 2.08. The molecule has 2 heteroatoms. The zero-order valence-electron chi connectivity index (χ0n) is 6.75. The molecule has 0 aromatic heterocycles. The van der Waals surface area contributed by atoms with Crippen molar-refractivity contribution in [3.05, 3.63) is 0 Å². The van der Waals surface area contributed by atoms with Crippen molar-refractivity contribution >= 4 is 5.91 Å². The highest BCUT2D eigenvalue weighted by Crippen LogP contribution is 2.47. The molecule has 2 fully saturated rings. The Kier molecular flexibility index (Phi) is 1.63. The van der Waals surface area contributed by atoms with Gasteiger partial charge >= 0.3 is 0 Å². The Morgan fingerprint density at radius 1 is 1.18 bits per heavy atom. The second kappa shape index (κ2) is 2.50. The van der Waals surface area contributed by atoms with E-state index in [1.807, 2.05) is 0 Å². The maximum Gasteiger partial charge on any atom is 0.220 e. The highest BCUT2D eigenvalue weighted by molar-refractivity contribution is 5.77. The summed E-state index contributed by atoms with van der Waals surface area (Å²) in [6.07, 6.45) is 6.22. The van der Waals surface area contributed by atoms with Crippen molar-refractivity contribution in [2.45, 2.75) is 32.1 Å². The molecule has 1 amide bonds. The molecule has 2 aliphatic rings. The Bertz CT molecular complexity index is 178. The average Bonchev–Trinajstić information content (AvgIpc) is 2.41. The monoisotopic (exact) mass is 153 g/mol. The smallest absolute Gasteiger partial charge is 0.220 e. The van der Waals surface area contributed by atoms with Gasteiger partial charge in [0.1, 0.15) is 0 Å². The number of primary amides is 1. The van der Waals surface area contributed by atoms with Gasteiger partial charge in [-0.1, -0.05) is 12.8 Å². The molecule has 3 atom stereocenters. The molecule has 2 nitrogen and oxygen atoms in total. The Morgan fingerprint density at radius 3 is 2.73 bits per heavy atom. The second-order valence-corrected chi connectivity index (χ2v) is 3.94. The first-order chi connectivity index (χ1) is 5.29. The van der Waals surface area contributed by atoms with Gasteiger partial charge in [0.05, 0.1) is 0 Å². The first-order valence-electron chi connectivity index (χ1n) is 4.58. The van der Waals surface area contributed by atoms with Crippen molar-refractivity contribution in [3.63, 3.8) is 0 Å². The van der Waals surface area contributed by atoms with E-state index in [9.17, 15) is 4.79 Å². The predicted octanol–water partition coefficient (Wildman–Crippen LogP) is 1.30. The highest BCUT2D eigenvalue weighted by atomic mass is 16.1. The van der Waals surface area contributed by atoms with Crippen molar-refractivity contribution in [2.24, 2.45) is 23.5 Å². The minimum atomic E-state index is -0.0561. The van der Waals surface area contributed by atoms with Gasteiger partial charge in [-0.2, -0.15) is 0 Å². The van der Waals surface area contributed by atoms with Crippen molar-refractivity contribution in [3.8, 4) is 0 Å². The van der Waals surface area contributed by atoms with Gasteiger partial charge in [0.25, 0.3) is 0 Å². The van der Waals surface area contributed by atoms with E-state index in [1.54, 1.807) is 0 Å². The molecule has 2 rings (SSSR count). The molecule has 0 spiro atoms. The van der Waals surface area contributed by atoms with Crippen LogP contribution in [0.1, 0.15) is 32.1 Å². The molecular weight excluding hydrogens is 138 g/mol. The molecule has 0 heterocycles. The number of amides is 1. The zero-order valence-corrected chi connectivity index (χ0v) is 6.75. The van der Waals surface area contributed by atoms with E-state index >= 15 is 0 Å². The van der Waals surface area contributed by atoms with Gasteiger partial charge in [-0.3, -0.25) is 4.79 Å². The average molecular weight is 153 g/mol. The number of carbonyl (C=O) groups is 1. The van der Waals surface area contributed by atoms with Crippen LogP contribution >= 0.6 is 0 Å². The number of rotatable bonds is 1.